The summed E-state index contributed by atoms with van der Waals surface area (Å²) in [6, 6.07) is 75.1. The van der Waals surface area contributed by atoms with Gasteiger partial charge in [-0.05, 0) is 105 Å². The van der Waals surface area contributed by atoms with E-state index >= 15 is 0 Å². The van der Waals surface area contributed by atoms with Gasteiger partial charge in [0, 0.05) is 44.7 Å². The first-order valence-electron chi connectivity index (χ1n) is 19.3. The Morgan fingerprint density at radius 1 is 0.228 bits per heavy atom. The van der Waals surface area contributed by atoms with Gasteiger partial charge in [0.1, 0.15) is 22.3 Å². The van der Waals surface area contributed by atoms with E-state index < -0.39 is 0 Å². The molecule has 0 unspecified atom stereocenters. The van der Waals surface area contributed by atoms with Gasteiger partial charge in [0.15, 0.2) is 0 Å². The zero-order chi connectivity index (χ0) is 37.7. The molecule has 268 valence electrons. The van der Waals surface area contributed by atoms with Gasteiger partial charge in [0.05, 0.1) is 0 Å². The standard InChI is InChI=1S/C54H35NO2/c1-4-10-36(11-5-1)39-16-18-40(19-17-39)42-22-27-45(28-23-42)55(44-25-20-41(21-26-44)37-12-6-2-7-13-37)46-29-31-48-50-35-53-49(34-54(50)57-52(48)33-46)47-30-24-43(32-51(47)56-53)38-14-8-3-9-15-38/h1-35H. The minimum Gasteiger partial charge on any atom is -0.456 e. The van der Waals surface area contributed by atoms with Crippen LogP contribution >= 0.6 is 0 Å². The van der Waals surface area contributed by atoms with Gasteiger partial charge >= 0.3 is 0 Å². The lowest BCUT2D eigenvalue weighted by molar-refractivity contribution is 0.664. The maximum absolute atomic E-state index is 6.66. The molecule has 0 aliphatic heterocycles. The van der Waals surface area contributed by atoms with Crippen molar-refractivity contribution in [2.24, 2.45) is 0 Å². The molecule has 0 atom stereocenters. The van der Waals surface area contributed by atoms with E-state index in [1.54, 1.807) is 0 Å². The molecule has 9 aromatic carbocycles. The van der Waals surface area contributed by atoms with Crippen LogP contribution in [-0.4, -0.2) is 0 Å². The predicted molar refractivity (Wildman–Crippen MR) is 237 cm³/mol. The fraction of sp³-hybridized carbons (Fsp3) is 0. The topological polar surface area (TPSA) is 29.5 Å². The molecule has 3 heteroatoms. The highest BCUT2D eigenvalue weighted by molar-refractivity contribution is 6.15. The van der Waals surface area contributed by atoms with E-state index in [-0.39, 0.29) is 0 Å². The van der Waals surface area contributed by atoms with Crippen LogP contribution in [0.1, 0.15) is 0 Å². The lowest BCUT2D eigenvalue weighted by Gasteiger charge is -2.26. The highest BCUT2D eigenvalue weighted by Crippen LogP contribution is 2.42. The molecule has 2 aromatic heterocycles. The molecule has 0 bridgehead atoms. The zero-order valence-corrected chi connectivity index (χ0v) is 31.0. The molecule has 0 radical (unpaired) electrons. The molecule has 11 rings (SSSR count). The second-order valence-corrected chi connectivity index (χ2v) is 14.5. The number of hydrogen-bond donors (Lipinski definition) is 0. The predicted octanol–water partition coefficient (Wildman–Crippen LogP) is 15.6. The summed E-state index contributed by atoms with van der Waals surface area (Å²) in [6.07, 6.45) is 0. The molecular formula is C54H35NO2. The SMILES string of the molecule is c1ccc(-c2ccc(-c3ccc(N(c4ccc(-c5ccccc5)cc4)c4ccc5c(c4)oc4cc6c(cc45)oc4cc(-c5ccccc5)ccc46)cc3)cc2)cc1. The van der Waals surface area contributed by atoms with Gasteiger partial charge in [-0.2, -0.15) is 0 Å². The third-order valence-electron chi connectivity index (χ3n) is 11.1. The Hall–Kier alpha value is -7.62. The summed E-state index contributed by atoms with van der Waals surface area (Å²) in [5.41, 5.74) is 16.0. The Labute approximate surface area is 330 Å². The Balaban J connectivity index is 0.975. The molecular weight excluding hydrogens is 695 g/mol. The fourth-order valence-corrected chi connectivity index (χ4v) is 8.15. The quantitative estimate of drug-likeness (QED) is 0.164. The third-order valence-corrected chi connectivity index (χ3v) is 11.1. The normalized spacial score (nSPS) is 11.5. The van der Waals surface area contributed by atoms with Crippen molar-refractivity contribution in [3.05, 3.63) is 212 Å². The van der Waals surface area contributed by atoms with Crippen LogP contribution < -0.4 is 4.90 Å². The number of hydrogen-bond acceptors (Lipinski definition) is 3. The van der Waals surface area contributed by atoms with Crippen LogP contribution in [0, 0.1) is 0 Å². The summed E-state index contributed by atoms with van der Waals surface area (Å²) in [6.45, 7) is 0. The van der Waals surface area contributed by atoms with E-state index in [1.807, 2.05) is 6.07 Å². The number of furan rings is 2. The van der Waals surface area contributed by atoms with Gasteiger partial charge in [-0.3, -0.25) is 0 Å². The second-order valence-electron chi connectivity index (χ2n) is 14.5. The summed E-state index contributed by atoms with van der Waals surface area (Å²) in [5, 5.41) is 4.21. The monoisotopic (exact) mass is 729 g/mol. The Morgan fingerprint density at radius 2 is 0.544 bits per heavy atom. The summed E-state index contributed by atoms with van der Waals surface area (Å²) in [7, 11) is 0. The maximum Gasteiger partial charge on any atom is 0.137 e. The van der Waals surface area contributed by atoms with Crippen LogP contribution in [0.4, 0.5) is 17.1 Å². The zero-order valence-electron chi connectivity index (χ0n) is 31.0. The van der Waals surface area contributed by atoms with Gasteiger partial charge in [-0.15, -0.1) is 0 Å². The van der Waals surface area contributed by atoms with Crippen LogP contribution in [0.2, 0.25) is 0 Å². The third kappa shape index (κ3) is 5.94. The Kier molecular flexibility index (Phi) is 7.82. The van der Waals surface area contributed by atoms with Crippen molar-refractivity contribution in [3.63, 3.8) is 0 Å². The first kappa shape index (κ1) is 32.8. The summed E-state index contributed by atoms with van der Waals surface area (Å²) >= 11 is 0. The van der Waals surface area contributed by atoms with Crippen LogP contribution in [0.5, 0.6) is 0 Å². The van der Waals surface area contributed by atoms with E-state index in [4.69, 9.17) is 8.83 Å². The van der Waals surface area contributed by atoms with Crippen LogP contribution in [0.25, 0.3) is 88.4 Å². The summed E-state index contributed by atoms with van der Waals surface area (Å²) < 4.78 is 13.1. The number of rotatable bonds is 7. The van der Waals surface area contributed by atoms with Crippen molar-refractivity contribution in [1.82, 2.24) is 0 Å². The fourth-order valence-electron chi connectivity index (χ4n) is 8.15. The average molecular weight is 730 g/mol. The Morgan fingerprint density at radius 3 is 1.00 bits per heavy atom. The van der Waals surface area contributed by atoms with Gasteiger partial charge < -0.3 is 13.7 Å². The molecule has 0 saturated carbocycles. The van der Waals surface area contributed by atoms with Crippen molar-refractivity contribution in [2.45, 2.75) is 0 Å². The molecule has 0 saturated heterocycles. The highest BCUT2D eigenvalue weighted by Gasteiger charge is 2.18. The number of nitrogens with zero attached hydrogens (tertiary/aromatic N) is 1. The smallest absolute Gasteiger partial charge is 0.137 e. The molecule has 2 heterocycles. The highest BCUT2D eigenvalue weighted by atomic mass is 16.3. The molecule has 57 heavy (non-hydrogen) atoms. The van der Waals surface area contributed by atoms with Crippen molar-refractivity contribution in [1.29, 1.82) is 0 Å². The minimum atomic E-state index is 0.826. The molecule has 0 amide bonds. The summed E-state index contributed by atoms with van der Waals surface area (Å²) in [4.78, 5) is 2.30. The number of benzene rings is 9. The molecule has 11 aromatic rings. The number of fused-ring (bicyclic) bond motifs is 6. The van der Waals surface area contributed by atoms with Crippen molar-refractivity contribution in [3.8, 4) is 44.5 Å². The molecule has 0 spiro atoms. The van der Waals surface area contributed by atoms with Crippen molar-refractivity contribution < 1.29 is 8.83 Å². The molecule has 0 aliphatic carbocycles. The minimum absolute atomic E-state index is 0.826. The van der Waals surface area contributed by atoms with Gasteiger partial charge in [-0.1, -0.05) is 146 Å². The molecule has 0 fully saturated rings. The molecule has 3 nitrogen and oxygen atoms in total. The van der Waals surface area contributed by atoms with E-state index in [1.165, 1.54) is 38.9 Å². The van der Waals surface area contributed by atoms with E-state index in [0.29, 0.717) is 0 Å². The van der Waals surface area contributed by atoms with E-state index in [9.17, 15) is 0 Å². The Bertz CT molecular complexity index is 3180. The summed E-state index contributed by atoms with van der Waals surface area (Å²) in [5.74, 6) is 0. The van der Waals surface area contributed by atoms with E-state index in [2.05, 4.69) is 211 Å². The van der Waals surface area contributed by atoms with Gasteiger partial charge in [0.2, 0.25) is 0 Å². The van der Waals surface area contributed by atoms with Crippen LogP contribution in [-0.2, 0) is 0 Å². The molecule has 0 aliphatic rings. The second kappa shape index (κ2) is 13.6. The lowest BCUT2D eigenvalue weighted by Crippen LogP contribution is -2.09. The van der Waals surface area contributed by atoms with Crippen molar-refractivity contribution in [2.75, 3.05) is 4.90 Å². The van der Waals surface area contributed by atoms with Crippen molar-refractivity contribution >= 4 is 60.9 Å². The first-order chi connectivity index (χ1) is 28.2. The molecule has 0 N–H and O–H groups in total. The average Bonchev–Trinajstić information content (AvgIpc) is 3.83. The van der Waals surface area contributed by atoms with Gasteiger partial charge in [-0.25, -0.2) is 0 Å². The number of anilines is 3. The lowest BCUT2D eigenvalue weighted by atomic mass is 10.00. The largest absolute Gasteiger partial charge is 0.456 e. The van der Waals surface area contributed by atoms with Gasteiger partial charge in [0.25, 0.3) is 0 Å². The van der Waals surface area contributed by atoms with E-state index in [0.717, 1.165) is 66.5 Å². The first-order valence-corrected chi connectivity index (χ1v) is 19.3. The van der Waals surface area contributed by atoms with Crippen LogP contribution in [0.3, 0.4) is 0 Å². The van der Waals surface area contributed by atoms with Crippen LogP contribution in [0.15, 0.2) is 221 Å². The maximum atomic E-state index is 6.66.